The molecule has 2 amide bonds. The normalized spacial score (nSPS) is 18.6. The molecule has 1 aromatic carbocycles. The fraction of sp³-hybridized carbons (Fsp3) is 0.333. The van der Waals surface area contributed by atoms with Crippen LogP contribution >= 0.6 is 0 Å². The van der Waals surface area contributed by atoms with E-state index < -0.39 is 41.1 Å². The number of rotatable bonds is 8. The number of carbonyl (C=O) groups excluding carboxylic acids is 2. The number of primary amides is 1. The highest BCUT2D eigenvalue weighted by molar-refractivity contribution is 5.85. The minimum atomic E-state index is -3.14. The summed E-state index contributed by atoms with van der Waals surface area (Å²) in [5, 5.41) is 2.49. The second kappa shape index (κ2) is 10.9. The maximum absolute atomic E-state index is 15.2. The number of H-pyrrole nitrogens is 1. The molecule has 1 saturated heterocycles. The van der Waals surface area contributed by atoms with Gasteiger partial charge in [0.05, 0.1) is 17.8 Å². The van der Waals surface area contributed by atoms with E-state index in [2.05, 4.69) is 15.3 Å². The van der Waals surface area contributed by atoms with Crippen LogP contribution in [0.4, 0.5) is 13.2 Å². The van der Waals surface area contributed by atoms with Gasteiger partial charge in [-0.2, -0.15) is 0 Å². The molecule has 4 rings (SSSR count). The maximum atomic E-state index is 15.2. The Morgan fingerprint density at radius 2 is 1.92 bits per heavy atom. The summed E-state index contributed by atoms with van der Waals surface area (Å²) in [6.45, 7) is 2.29. The Labute approximate surface area is 222 Å². The highest BCUT2D eigenvalue weighted by atomic mass is 19.3. The smallest absolute Gasteiger partial charge is 0.257 e. The Kier molecular flexibility index (Phi) is 7.77. The second-order valence-electron chi connectivity index (χ2n) is 9.58. The quantitative estimate of drug-likeness (QED) is 0.400. The van der Waals surface area contributed by atoms with Gasteiger partial charge in [0.15, 0.2) is 0 Å². The van der Waals surface area contributed by atoms with Crippen LogP contribution in [0.3, 0.4) is 0 Å². The van der Waals surface area contributed by atoms with Gasteiger partial charge in [0.2, 0.25) is 11.8 Å². The van der Waals surface area contributed by atoms with E-state index in [9.17, 15) is 18.8 Å². The third-order valence-electron chi connectivity index (χ3n) is 6.96. The van der Waals surface area contributed by atoms with Crippen LogP contribution in [0.2, 0.25) is 0 Å². The molecule has 0 bridgehead atoms. The first-order valence-electron chi connectivity index (χ1n) is 12.2. The Morgan fingerprint density at radius 1 is 1.23 bits per heavy atom. The van der Waals surface area contributed by atoms with Crippen molar-refractivity contribution in [2.75, 3.05) is 13.1 Å². The minimum Gasteiger partial charge on any atom is -0.456 e. The van der Waals surface area contributed by atoms with Gasteiger partial charge in [0, 0.05) is 44.7 Å². The molecule has 2 aromatic heterocycles. The maximum Gasteiger partial charge on any atom is 0.257 e. The van der Waals surface area contributed by atoms with Gasteiger partial charge in [-0.25, -0.2) is 13.2 Å². The van der Waals surface area contributed by atoms with E-state index in [0.717, 1.165) is 0 Å². The summed E-state index contributed by atoms with van der Waals surface area (Å²) in [6, 6.07) is 9.81. The van der Waals surface area contributed by atoms with Gasteiger partial charge in [-0.05, 0) is 55.0 Å². The number of nitrogens with one attached hydrogen (secondary N) is 2. The summed E-state index contributed by atoms with van der Waals surface area (Å²) in [6.07, 6.45) is 2.03. The van der Waals surface area contributed by atoms with E-state index in [0.29, 0.717) is 11.5 Å². The Hall–Kier alpha value is -4.19. The van der Waals surface area contributed by atoms with Gasteiger partial charge in [-0.15, -0.1) is 0 Å². The zero-order valence-electron chi connectivity index (χ0n) is 21.3. The molecule has 9 nitrogen and oxygen atoms in total. The molecule has 4 N–H and O–H groups in total. The summed E-state index contributed by atoms with van der Waals surface area (Å²) in [4.78, 5) is 44.6. The molecule has 3 aromatic rings. The molecule has 2 atom stereocenters. The number of carbonyl (C=O) groups is 2. The summed E-state index contributed by atoms with van der Waals surface area (Å²) in [7, 11) is 0. The average Bonchev–Trinajstić information content (AvgIpc) is 2.89. The Bertz CT molecular complexity index is 1410. The van der Waals surface area contributed by atoms with Gasteiger partial charge < -0.3 is 20.8 Å². The standard InChI is InChI=1S/C27H28F3N5O4/c1-16(36)32-13-18-11-17(12-34-24(18)37)22-15-35(10-9-27(22,29)30)26(2,25(31)38)23-8-7-21(14-33-23)39-20-5-3-19(28)4-6-20/h3-8,11-12,14,22H,9-10,13,15H2,1-2H3,(H2,31,38)(H,32,36)(H,34,37). The Balaban J connectivity index is 1.61. The van der Waals surface area contributed by atoms with Gasteiger partial charge in [0.25, 0.3) is 11.5 Å². The van der Waals surface area contributed by atoms with E-state index in [4.69, 9.17) is 10.5 Å². The van der Waals surface area contributed by atoms with E-state index in [1.807, 2.05) is 0 Å². The van der Waals surface area contributed by atoms with Gasteiger partial charge in [-0.1, -0.05) is 0 Å². The van der Waals surface area contributed by atoms with Crippen LogP contribution < -0.4 is 21.3 Å². The lowest BCUT2D eigenvalue weighted by molar-refractivity contribution is -0.139. The number of likely N-dealkylation sites (tertiary alicyclic amines) is 1. The van der Waals surface area contributed by atoms with Crippen LogP contribution in [0.5, 0.6) is 11.5 Å². The highest BCUT2D eigenvalue weighted by Crippen LogP contribution is 2.43. The van der Waals surface area contributed by atoms with Crippen LogP contribution in [0.15, 0.2) is 59.7 Å². The number of ether oxygens (including phenoxy) is 1. The molecule has 1 aliphatic heterocycles. The first-order chi connectivity index (χ1) is 18.4. The van der Waals surface area contributed by atoms with Crippen molar-refractivity contribution in [3.8, 4) is 11.5 Å². The van der Waals surface area contributed by atoms with Crippen LogP contribution in [0.1, 0.15) is 43.0 Å². The SMILES string of the molecule is CC(=O)NCc1cc(C2CN(C(C)(C(N)=O)c3ccc(Oc4ccc(F)cc4)cn3)CCC2(F)F)c[nH]c1=O. The van der Waals surface area contributed by atoms with Crippen LogP contribution in [-0.4, -0.2) is 45.7 Å². The number of hydrogen-bond acceptors (Lipinski definition) is 6. The number of nitrogens with two attached hydrogens (primary N) is 1. The van der Waals surface area contributed by atoms with E-state index in [1.165, 1.54) is 62.6 Å². The van der Waals surface area contributed by atoms with Crippen LogP contribution in [-0.2, 0) is 21.7 Å². The fourth-order valence-corrected chi connectivity index (χ4v) is 4.57. The third-order valence-corrected chi connectivity index (χ3v) is 6.96. The molecule has 0 saturated carbocycles. The van der Waals surface area contributed by atoms with Crippen molar-refractivity contribution in [3.05, 3.63) is 87.9 Å². The van der Waals surface area contributed by atoms with E-state index >= 15 is 8.78 Å². The molecular formula is C27H28F3N5O4. The van der Waals surface area contributed by atoms with Crippen molar-refractivity contribution < 1.29 is 27.5 Å². The predicted octanol–water partition coefficient (Wildman–Crippen LogP) is 3.16. The lowest BCUT2D eigenvalue weighted by atomic mass is 9.83. The first kappa shape index (κ1) is 27.8. The number of halogens is 3. The average molecular weight is 544 g/mol. The second-order valence-corrected chi connectivity index (χ2v) is 9.58. The summed E-state index contributed by atoms with van der Waals surface area (Å²) in [5.41, 5.74) is 4.30. The number of amides is 2. The molecule has 12 heteroatoms. The molecule has 1 aliphatic rings. The zero-order chi connectivity index (χ0) is 28.4. The van der Waals surface area contributed by atoms with Crippen molar-refractivity contribution in [2.24, 2.45) is 5.73 Å². The van der Waals surface area contributed by atoms with Crippen molar-refractivity contribution in [3.63, 3.8) is 0 Å². The van der Waals surface area contributed by atoms with Gasteiger partial charge in [-0.3, -0.25) is 24.3 Å². The molecule has 0 spiro atoms. The predicted molar refractivity (Wildman–Crippen MR) is 136 cm³/mol. The number of pyridine rings is 2. The number of aromatic nitrogens is 2. The van der Waals surface area contributed by atoms with Crippen LogP contribution in [0, 0.1) is 5.82 Å². The van der Waals surface area contributed by atoms with Crippen molar-refractivity contribution in [1.82, 2.24) is 20.2 Å². The molecule has 1 fully saturated rings. The number of aromatic amines is 1. The summed E-state index contributed by atoms with van der Waals surface area (Å²) < 4.78 is 49.2. The first-order valence-corrected chi connectivity index (χ1v) is 12.2. The molecule has 206 valence electrons. The number of benzene rings is 1. The third kappa shape index (κ3) is 5.95. The van der Waals surface area contributed by atoms with Crippen molar-refractivity contribution in [2.45, 2.75) is 44.2 Å². The van der Waals surface area contributed by atoms with Crippen LogP contribution in [0.25, 0.3) is 0 Å². The van der Waals surface area contributed by atoms with E-state index in [1.54, 1.807) is 11.0 Å². The molecular weight excluding hydrogens is 515 g/mol. The van der Waals surface area contributed by atoms with Gasteiger partial charge in [0.1, 0.15) is 22.9 Å². The summed E-state index contributed by atoms with van der Waals surface area (Å²) >= 11 is 0. The molecule has 0 aliphatic carbocycles. The fourth-order valence-electron chi connectivity index (χ4n) is 4.57. The molecule has 3 heterocycles. The number of piperidine rings is 1. The molecule has 0 radical (unpaired) electrons. The monoisotopic (exact) mass is 543 g/mol. The van der Waals surface area contributed by atoms with E-state index in [-0.39, 0.29) is 42.4 Å². The molecule has 39 heavy (non-hydrogen) atoms. The Morgan fingerprint density at radius 3 is 2.54 bits per heavy atom. The van der Waals surface area contributed by atoms with Crippen molar-refractivity contribution >= 4 is 11.8 Å². The van der Waals surface area contributed by atoms with Gasteiger partial charge >= 0.3 is 0 Å². The topological polar surface area (TPSA) is 130 Å². The lowest BCUT2D eigenvalue weighted by Crippen LogP contribution is -2.59. The number of nitrogens with zero attached hydrogens (tertiary/aromatic N) is 2. The summed E-state index contributed by atoms with van der Waals surface area (Å²) in [5.74, 6) is -5.38. The highest BCUT2D eigenvalue weighted by Gasteiger charge is 2.51. The number of alkyl halides is 2. The molecule has 2 unspecified atom stereocenters. The zero-order valence-corrected chi connectivity index (χ0v) is 21.3. The number of hydrogen-bond donors (Lipinski definition) is 3. The van der Waals surface area contributed by atoms with Crippen molar-refractivity contribution in [1.29, 1.82) is 0 Å². The minimum absolute atomic E-state index is 0.115. The largest absolute Gasteiger partial charge is 0.456 e. The lowest BCUT2D eigenvalue weighted by Gasteiger charge is -2.46.